The van der Waals surface area contributed by atoms with Crippen molar-refractivity contribution in [3.8, 4) is 0 Å². The quantitative estimate of drug-likeness (QED) is 0.840. The molecule has 1 heterocycles. The molecule has 1 N–H and O–H groups in total. The lowest BCUT2D eigenvalue weighted by Gasteiger charge is -2.28. The van der Waals surface area contributed by atoms with Crippen LogP contribution in [-0.4, -0.2) is 39.9 Å². The second-order valence-electron chi connectivity index (χ2n) is 4.73. The van der Waals surface area contributed by atoms with Crippen molar-refractivity contribution in [2.45, 2.75) is 12.5 Å². The van der Waals surface area contributed by atoms with Crippen molar-refractivity contribution in [3.05, 3.63) is 30.3 Å². The molecule has 0 amide bonds. The molecule has 1 aromatic carbocycles. The van der Waals surface area contributed by atoms with Gasteiger partial charge in [0.2, 0.25) is 0 Å². The number of anilines is 1. The molecule has 0 radical (unpaired) electrons. The minimum absolute atomic E-state index is 0.503. The van der Waals surface area contributed by atoms with Crippen LogP contribution in [0.15, 0.2) is 30.3 Å². The van der Waals surface area contributed by atoms with Gasteiger partial charge in [-0.2, -0.15) is 0 Å². The first-order chi connectivity index (χ1) is 8.31. The number of hydrogen-bond donors (Lipinski definition) is 1. The lowest BCUT2D eigenvalue weighted by molar-refractivity contribution is 0.178. The molecule has 1 aliphatic rings. The number of ether oxygens (including phenoxy) is 1. The topological polar surface area (TPSA) is 24.5 Å². The summed E-state index contributed by atoms with van der Waals surface area (Å²) in [7, 11) is 4.19. The Morgan fingerprint density at radius 2 is 2.18 bits per heavy atom. The Hall–Kier alpha value is -1.06. The maximum Gasteiger partial charge on any atom is 0.0510 e. The highest BCUT2D eigenvalue weighted by atomic mass is 16.5. The standard InChI is InChI=1S/C14H22N2O/c1-15-14(12-8-9-17-11-12)10-16(2)13-6-4-3-5-7-13/h3-7,12,14-15H,8-11H2,1-2H3. The van der Waals surface area contributed by atoms with Gasteiger partial charge in [-0.25, -0.2) is 0 Å². The highest BCUT2D eigenvalue weighted by molar-refractivity contribution is 5.45. The van der Waals surface area contributed by atoms with Crippen molar-refractivity contribution in [1.29, 1.82) is 0 Å². The van der Waals surface area contributed by atoms with Gasteiger partial charge in [0.15, 0.2) is 0 Å². The fourth-order valence-corrected chi connectivity index (χ4v) is 2.43. The third-order valence-corrected chi connectivity index (χ3v) is 3.57. The van der Waals surface area contributed by atoms with Gasteiger partial charge >= 0.3 is 0 Å². The molecule has 1 aromatic rings. The molecular weight excluding hydrogens is 212 g/mol. The van der Waals surface area contributed by atoms with Crippen LogP contribution < -0.4 is 10.2 Å². The summed E-state index contributed by atoms with van der Waals surface area (Å²) in [5.41, 5.74) is 1.27. The Bertz CT molecular complexity index is 322. The van der Waals surface area contributed by atoms with Gasteiger partial charge in [-0.15, -0.1) is 0 Å². The SMILES string of the molecule is CNC(CN(C)c1ccccc1)C1CCOC1. The average molecular weight is 234 g/mol. The van der Waals surface area contributed by atoms with Gasteiger partial charge in [0, 0.05) is 37.8 Å². The van der Waals surface area contributed by atoms with E-state index in [0.29, 0.717) is 12.0 Å². The van der Waals surface area contributed by atoms with Crippen LogP contribution in [0.25, 0.3) is 0 Å². The highest BCUT2D eigenvalue weighted by Gasteiger charge is 2.25. The monoisotopic (exact) mass is 234 g/mol. The van der Waals surface area contributed by atoms with Crippen molar-refractivity contribution < 1.29 is 4.74 Å². The van der Waals surface area contributed by atoms with Crippen LogP contribution in [0.5, 0.6) is 0 Å². The van der Waals surface area contributed by atoms with Crippen LogP contribution >= 0.6 is 0 Å². The van der Waals surface area contributed by atoms with Crippen molar-refractivity contribution in [2.24, 2.45) is 5.92 Å². The van der Waals surface area contributed by atoms with Crippen molar-refractivity contribution in [2.75, 3.05) is 38.8 Å². The molecule has 0 spiro atoms. The van der Waals surface area contributed by atoms with E-state index >= 15 is 0 Å². The Labute approximate surface area is 104 Å². The zero-order chi connectivity index (χ0) is 12.1. The van der Waals surface area contributed by atoms with Crippen molar-refractivity contribution in [1.82, 2.24) is 5.32 Å². The smallest absolute Gasteiger partial charge is 0.0510 e. The van der Waals surface area contributed by atoms with Crippen LogP contribution in [0, 0.1) is 5.92 Å². The van der Waals surface area contributed by atoms with E-state index in [-0.39, 0.29) is 0 Å². The zero-order valence-electron chi connectivity index (χ0n) is 10.7. The molecule has 94 valence electrons. The van der Waals surface area contributed by atoms with E-state index in [1.807, 2.05) is 7.05 Å². The molecule has 2 unspecified atom stereocenters. The first kappa shape index (κ1) is 12.4. The van der Waals surface area contributed by atoms with Gasteiger partial charge in [0.1, 0.15) is 0 Å². The molecule has 3 heteroatoms. The lowest BCUT2D eigenvalue weighted by atomic mass is 9.98. The van der Waals surface area contributed by atoms with Gasteiger partial charge in [0.05, 0.1) is 6.61 Å². The molecule has 0 saturated carbocycles. The molecule has 17 heavy (non-hydrogen) atoms. The van der Waals surface area contributed by atoms with E-state index in [1.165, 1.54) is 12.1 Å². The summed E-state index contributed by atoms with van der Waals surface area (Å²) in [5.74, 6) is 0.645. The minimum atomic E-state index is 0.503. The lowest BCUT2D eigenvalue weighted by Crippen LogP contribution is -2.43. The first-order valence-corrected chi connectivity index (χ1v) is 6.32. The Kier molecular flexibility index (Phi) is 4.40. The van der Waals surface area contributed by atoms with Crippen molar-refractivity contribution >= 4 is 5.69 Å². The number of nitrogens with zero attached hydrogens (tertiary/aromatic N) is 1. The summed E-state index contributed by atoms with van der Waals surface area (Å²) in [6, 6.07) is 11.0. The van der Waals surface area contributed by atoms with E-state index in [0.717, 1.165) is 19.8 Å². The summed E-state index contributed by atoms with van der Waals surface area (Å²) < 4.78 is 5.47. The molecule has 0 aliphatic carbocycles. The number of likely N-dealkylation sites (N-methyl/N-ethyl adjacent to an activating group) is 2. The van der Waals surface area contributed by atoms with Crippen LogP contribution in [0.1, 0.15) is 6.42 Å². The number of hydrogen-bond acceptors (Lipinski definition) is 3. The van der Waals surface area contributed by atoms with E-state index in [4.69, 9.17) is 4.74 Å². The summed E-state index contributed by atoms with van der Waals surface area (Å²) in [6.07, 6.45) is 1.17. The predicted octanol–water partition coefficient (Wildman–Crippen LogP) is 1.75. The predicted molar refractivity (Wildman–Crippen MR) is 71.5 cm³/mol. The summed E-state index contributed by atoms with van der Waals surface area (Å²) in [5, 5.41) is 3.42. The van der Waals surface area contributed by atoms with E-state index < -0.39 is 0 Å². The molecule has 0 aromatic heterocycles. The molecular formula is C14H22N2O. The maximum atomic E-state index is 5.47. The Morgan fingerprint density at radius 1 is 1.41 bits per heavy atom. The first-order valence-electron chi connectivity index (χ1n) is 6.32. The fourth-order valence-electron chi connectivity index (χ4n) is 2.43. The number of nitrogens with one attached hydrogen (secondary N) is 1. The summed E-state index contributed by atoms with van der Waals surface area (Å²) in [4.78, 5) is 2.31. The number of rotatable bonds is 5. The van der Waals surface area contributed by atoms with Crippen LogP contribution in [-0.2, 0) is 4.74 Å². The molecule has 1 aliphatic heterocycles. The average Bonchev–Trinajstić information content (AvgIpc) is 2.90. The molecule has 1 saturated heterocycles. The number of para-hydroxylation sites is 1. The van der Waals surface area contributed by atoms with Gasteiger partial charge in [0.25, 0.3) is 0 Å². The van der Waals surface area contributed by atoms with Gasteiger partial charge in [-0.05, 0) is 25.6 Å². The zero-order valence-corrected chi connectivity index (χ0v) is 10.7. The molecule has 2 atom stereocenters. The molecule has 0 bridgehead atoms. The highest BCUT2D eigenvalue weighted by Crippen LogP contribution is 2.19. The van der Waals surface area contributed by atoms with Crippen LogP contribution in [0.4, 0.5) is 5.69 Å². The molecule has 2 rings (SSSR count). The molecule has 1 fully saturated rings. The number of benzene rings is 1. The minimum Gasteiger partial charge on any atom is -0.381 e. The van der Waals surface area contributed by atoms with E-state index in [2.05, 4.69) is 47.6 Å². The van der Waals surface area contributed by atoms with Gasteiger partial charge in [-0.1, -0.05) is 18.2 Å². The second kappa shape index (κ2) is 6.03. The third-order valence-electron chi connectivity index (χ3n) is 3.57. The second-order valence-corrected chi connectivity index (χ2v) is 4.73. The Morgan fingerprint density at radius 3 is 2.76 bits per heavy atom. The third kappa shape index (κ3) is 3.20. The van der Waals surface area contributed by atoms with Gasteiger partial charge in [-0.3, -0.25) is 0 Å². The van der Waals surface area contributed by atoms with Gasteiger partial charge < -0.3 is 15.0 Å². The molecule has 3 nitrogen and oxygen atoms in total. The fraction of sp³-hybridized carbons (Fsp3) is 0.571. The van der Waals surface area contributed by atoms with Crippen molar-refractivity contribution in [3.63, 3.8) is 0 Å². The summed E-state index contributed by atoms with van der Waals surface area (Å²) >= 11 is 0. The van der Waals surface area contributed by atoms with Crippen LogP contribution in [0.3, 0.4) is 0 Å². The van der Waals surface area contributed by atoms with Crippen LogP contribution in [0.2, 0.25) is 0 Å². The summed E-state index contributed by atoms with van der Waals surface area (Å²) in [6.45, 7) is 2.83. The maximum absolute atomic E-state index is 5.47. The Balaban J connectivity index is 1.94. The largest absolute Gasteiger partial charge is 0.381 e. The normalized spacial score (nSPS) is 21.4. The van der Waals surface area contributed by atoms with E-state index in [1.54, 1.807) is 0 Å². The van der Waals surface area contributed by atoms with E-state index in [9.17, 15) is 0 Å².